The minimum absolute atomic E-state index is 0.0758. The van der Waals surface area contributed by atoms with Gasteiger partial charge in [-0.2, -0.15) is 5.26 Å². The molecule has 0 aromatic heterocycles. The first-order valence-corrected chi connectivity index (χ1v) is 8.43. The summed E-state index contributed by atoms with van der Waals surface area (Å²) in [7, 11) is 0. The molecule has 3 nitrogen and oxygen atoms in total. The summed E-state index contributed by atoms with van der Waals surface area (Å²) in [5.41, 5.74) is 2.53. The third kappa shape index (κ3) is 3.84. The molecule has 0 bridgehead atoms. The van der Waals surface area contributed by atoms with Crippen molar-refractivity contribution < 1.29 is 5.11 Å². The molecule has 1 aliphatic heterocycles. The molecule has 0 unspecified atom stereocenters. The van der Waals surface area contributed by atoms with Crippen LogP contribution in [0.1, 0.15) is 24.0 Å². The molecule has 1 N–H and O–H groups in total. The van der Waals surface area contributed by atoms with E-state index in [0.29, 0.717) is 5.57 Å². The van der Waals surface area contributed by atoms with Crippen molar-refractivity contribution in [1.29, 1.82) is 5.26 Å². The molecule has 24 heavy (non-hydrogen) atoms. The van der Waals surface area contributed by atoms with Crippen LogP contribution in [0.5, 0.6) is 0 Å². The van der Waals surface area contributed by atoms with Gasteiger partial charge in [-0.1, -0.05) is 60.7 Å². The number of nitrogens with zero attached hydrogens (tertiary/aromatic N) is 2. The lowest BCUT2D eigenvalue weighted by molar-refractivity contribution is 0.167. The normalized spacial score (nSPS) is 17.1. The molecular weight excluding hydrogens is 296 g/mol. The predicted octanol–water partition coefficient (Wildman–Crippen LogP) is 4.39. The number of likely N-dealkylation sites (tertiary alicyclic amines) is 1. The van der Waals surface area contributed by atoms with Crippen LogP contribution in [0.25, 0.3) is 5.57 Å². The third-order valence-electron chi connectivity index (χ3n) is 4.65. The number of hydrogen-bond donors (Lipinski definition) is 1. The van der Waals surface area contributed by atoms with E-state index in [-0.39, 0.29) is 11.7 Å². The first-order chi connectivity index (χ1) is 11.8. The number of rotatable bonds is 4. The highest BCUT2D eigenvalue weighted by Crippen LogP contribution is 2.29. The van der Waals surface area contributed by atoms with Crippen LogP contribution in [0.3, 0.4) is 0 Å². The number of aliphatic hydroxyl groups excluding tert-OH is 1. The van der Waals surface area contributed by atoms with Crippen molar-refractivity contribution in [2.75, 3.05) is 13.1 Å². The summed E-state index contributed by atoms with van der Waals surface area (Å²) in [6.45, 7) is 2.83. The summed E-state index contributed by atoms with van der Waals surface area (Å²) in [5.74, 6) is 0.329. The van der Waals surface area contributed by atoms with E-state index in [9.17, 15) is 10.4 Å². The van der Waals surface area contributed by atoms with E-state index >= 15 is 0 Å². The first kappa shape index (κ1) is 16.3. The van der Waals surface area contributed by atoms with Crippen molar-refractivity contribution in [3.8, 4) is 6.07 Å². The molecule has 0 spiro atoms. The van der Waals surface area contributed by atoms with E-state index in [1.165, 1.54) is 5.56 Å². The Balaban J connectivity index is 1.65. The zero-order valence-corrected chi connectivity index (χ0v) is 13.7. The molecule has 1 saturated heterocycles. The molecule has 0 aliphatic carbocycles. The van der Waals surface area contributed by atoms with Gasteiger partial charge >= 0.3 is 0 Å². The topological polar surface area (TPSA) is 47.3 Å². The van der Waals surface area contributed by atoms with Crippen LogP contribution in [-0.2, 0) is 6.54 Å². The number of allylic oxidation sites excluding steroid dienone is 2. The van der Waals surface area contributed by atoms with Crippen molar-refractivity contribution in [3.05, 3.63) is 77.5 Å². The lowest BCUT2D eigenvalue weighted by atomic mass is 9.90. The molecule has 1 fully saturated rings. The Kier molecular flexibility index (Phi) is 5.30. The number of aliphatic hydroxyl groups is 1. The zero-order chi connectivity index (χ0) is 16.8. The van der Waals surface area contributed by atoms with Gasteiger partial charge in [-0.3, -0.25) is 4.90 Å². The van der Waals surface area contributed by atoms with Crippen LogP contribution >= 0.6 is 0 Å². The van der Waals surface area contributed by atoms with Crippen molar-refractivity contribution in [2.45, 2.75) is 19.4 Å². The summed E-state index contributed by atoms with van der Waals surface area (Å²) in [5, 5.41) is 20.1. The van der Waals surface area contributed by atoms with E-state index in [0.717, 1.165) is 38.0 Å². The second-order valence-corrected chi connectivity index (χ2v) is 6.27. The predicted molar refractivity (Wildman–Crippen MR) is 96.0 cm³/mol. The fraction of sp³-hybridized carbons (Fsp3) is 0.286. The van der Waals surface area contributed by atoms with Gasteiger partial charge < -0.3 is 5.11 Å². The van der Waals surface area contributed by atoms with Gasteiger partial charge in [0.1, 0.15) is 11.8 Å². The number of piperidine rings is 1. The maximum Gasteiger partial charge on any atom is 0.114 e. The Hall–Kier alpha value is -2.57. The molecule has 0 atom stereocenters. The molecule has 3 rings (SSSR count). The molecule has 0 amide bonds. The molecule has 1 heterocycles. The van der Waals surface area contributed by atoms with Gasteiger partial charge in [0.25, 0.3) is 0 Å². The van der Waals surface area contributed by atoms with Crippen LogP contribution < -0.4 is 0 Å². The molecule has 0 radical (unpaired) electrons. The average molecular weight is 318 g/mol. The summed E-state index contributed by atoms with van der Waals surface area (Å²) >= 11 is 0. The van der Waals surface area contributed by atoms with Gasteiger partial charge in [0, 0.05) is 12.5 Å². The van der Waals surface area contributed by atoms with Crippen molar-refractivity contribution in [3.63, 3.8) is 0 Å². The van der Waals surface area contributed by atoms with Gasteiger partial charge in [-0.25, -0.2) is 0 Å². The fourth-order valence-electron chi connectivity index (χ4n) is 3.28. The maximum absolute atomic E-state index is 10.6. The van der Waals surface area contributed by atoms with Crippen molar-refractivity contribution in [2.24, 2.45) is 5.92 Å². The van der Waals surface area contributed by atoms with E-state index < -0.39 is 0 Å². The largest absolute Gasteiger partial charge is 0.511 e. The van der Waals surface area contributed by atoms with Gasteiger partial charge in [-0.15, -0.1) is 0 Å². The SMILES string of the molecule is N#C/C(=C(/O)C1CCN(Cc2ccccc2)CC1)c1ccccc1. The number of hydrogen-bond acceptors (Lipinski definition) is 3. The van der Waals surface area contributed by atoms with Crippen LogP contribution in [0.4, 0.5) is 0 Å². The lowest BCUT2D eigenvalue weighted by Gasteiger charge is -2.32. The van der Waals surface area contributed by atoms with Gasteiger partial charge in [0.2, 0.25) is 0 Å². The quantitative estimate of drug-likeness (QED) is 0.672. The van der Waals surface area contributed by atoms with E-state index in [4.69, 9.17) is 0 Å². The van der Waals surface area contributed by atoms with E-state index in [1.807, 2.05) is 36.4 Å². The lowest BCUT2D eigenvalue weighted by Crippen LogP contribution is -2.34. The highest BCUT2D eigenvalue weighted by molar-refractivity contribution is 5.78. The molecule has 122 valence electrons. The Bertz CT molecular complexity index is 723. The van der Waals surface area contributed by atoms with Gasteiger partial charge in [0.05, 0.1) is 5.57 Å². The Morgan fingerprint density at radius 1 is 1.00 bits per heavy atom. The third-order valence-corrected chi connectivity index (χ3v) is 4.65. The van der Waals surface area contributed by atoms with E-state index in [1.54, 1.807) is 0 Å². The summed E-state index contributed by atoms with van der Waals surface area (Å²) in [6.07, 6.45) is 1.77. The molecule has 3 heteroatoms. The first-order valence-electron chi connectivity index (χ1n) is 8.43. The molecular formula is C21H22N2O. The summed E-state index contributed by atoms with van der Waals surface area (Å²) in [6, 6.07) is 22.1. The maximum atomic E-state index is 10.6. The Morgan fingerprint density at radius 3 is 2.17 bits per heavy atom. The second kappa shape index (κ2) is 7.81. The monoisotopic (exact) mass is 318 g/mol. The minimum Gasteiger partial charge on any atom is -0.511 e. The van der Waals surface area contributed by atoms with Crippen LogP contribution in [0, 0.1) is 17.2 Å². The molecule has 0 saturated carbocycles. The zero-order valence-electron chi connectivity index (χ0n) is 13.7. The summed E-state index contributed by atoms with van der Waals surface area (Å²) in [4.78, 5) is 2.41. The number of nitriles is 1. The molecule has 2 aromatic carbocycles. The Morgan fingerprint density at radius 2 is 1.58 bits per heavy atom. The summed E-state index contributed by atoms with van der Waals surface area (Å²) < 4.78 is 0. The fourth-order valence-corrected chi connectivity index (χ4v) is 3.28. The van der Waals surface area contributed by atoms with E-state index in [2.05, 4.69) is 35.2 Å². The minimum atomic E-state index is 0.0758. The van der Waals surface area contributed by atoms with Crippen LogP contribution in [-0.4, -0.2) is 23.1 Å². The average Bonchev–Trinajstić information content (AvgIpc) is 2.65. The smallest absolute Gasteiger partial charge is 0.114 e. The highest BCUT2D eigenvalue weighted by atomic mass is 16.3. The van der Waals surface area contributed by atoms with Gasteiger partial charge in [0.15, 0.2) is 0 Å². The van der Waals surface area contributed by atoms with Crippen LogP contribution in [0.15, 0.2) is 66.4 Å². The van der Waals surface area contributed by atoms with Crippen LogP contribution in [0.2, 0.25) is 0 Å². The Labute approximate surface area is 143 Å². The number of benzene rings is 2. The van der Waals surface area contributed by atoms with Gasteiger partial charge in [-0.05, 0) is 37.1 Å². The molecule has 1 aliphatic rings. The second-order valence-electron chi connectivity index (χ2n) is 6.27. The molecule has 2 aromatic rings. The van der Waals surface area contributed by atoms with Crippen molar-refractivity contribution in [1.82, 2.24) is 4.90 Å². The van der Waals surface area contributed by atoms with Crippen molar-refractivity contribution >= 4 is 5.57 Å². The standard InChI is InChI=1S/C21H22N2O/c22-15-20(18-9-5-2-6-10-18)21(24)19-11-13-23(14-12-19)16-17-7-3-1-4-8-17/h1-10,19,24H,11-14,16H2/b21-20-. The highest BCUT2D eigenvalue weighted by Gasteiger charge is 2.24.